The Morgan fingerprint density at radius 3 is 1.72 bits per heavy atom. The molecule has 0 bridgehead atoms. The van der Waals surface area contributed by atoms with Crippen LogP contribution in [0.5, 0.6) is 0 Å². The highest BCUT2D eigenvalue weighted by Crippen LogP contribution is 2.14. The second-order valence-electron chi connectivity index (χ2n) is 7.54. The molecule has 7 nitrogen and oxygen atoms in total. The van der Waals surface area contributed by atoms with Crippen LogP contribution in [0.2, 0.25) is 0 Å². The lowest BCUT2D eigenvalue weighted by molar-refractivity contribution is -0.157. The molecule has 0 aromatic carbocycles. The number of hydrogen-bond donors (Lipinski definition) is 4. The summed E-state index contributed by atoms with van der Waals surface area (Å²) in [6.45, 7) is 1.48. The van der Waals surface area contributed by atoms with Gasteiger partial charge in [0.2, 0.25) is 0 Å². The molecule has 0 rings (SSSR count). The molecular weight excluding hydrogens is 376 g/mol. The average Bonchev–Trinajstić information content (AvgIpc) is 2.73. The quantitative estimate of drug-likeness (QED) is 0.0815. The SMILES string of the molecule is CCCCCCCCCCCCCCCC(=O)OC(CO)C(O)/C(O)=C(/O)C=O. The van der Waals surface area contributed by atoms with Crippen LogP contribution < -0.4 is 0 Å². The fraction of sp³-hybridized carbons (Fsp3) is 0.818. The number of esters is 1. The second kappa shape index (κ2) is 18.4. The normalized spacial score (nSPS) is 14.2. The Balaban J connectivity index is 3.74. The first-order valence-electron chi connectivity index (χ1n) is 11.0. The van der Waals surface area contributed by atoms with Gasteiger partial charge in [-0.15, -0.1) is 0 Å². The van der Waals surface area contributed by atoms with Gasteiger partial charge in [-0.25, -0.2) is 0 Å². The zero-order valence-electron chi connectivity index (χ0n) is 17.9. The molecule has 7 heteroatoms. The monoisotopic (exact) mass is 416 g/mol. The van der Waals surface area contributed by atoms with Crippen LogP contribution >= 0.6 is 0 Å². The minimum absolute atomic E-state index is 0.0532. The van der Waals surface area contributed by atoms with E-state index in [9.17, 15) is 24.9 Å². The number of aldehydes is 1. The molecule has 0 spiro atoms. The number of allylic oxidation sites excluding steroid dienone is 1. The molecule has 0 saturated heterocycles. The van der Waals surface area contributed by atoms with E-state index in [1.54, 1.807) is 0 Å². The molecule has 0 amide bonds. The molecule has 0 aliphatic heterocycles. The molecule has 0 aliphatic carbocycles. The van der Waals surface area contributed by atoms with Gasteiger partial charge in [-0.1, -0.05) is 84.0 Å². The van der Waals surface area contributed by atoms with Crippen molar-refractivity contribution in [1.82, 2.24) is 0 Å². The van der Waals surface area contributed by atoms with E-state index in [1.807, 2.05) is 0 Å². The van der Waals surface area contributed by atoms with Gasteiger partial charge in [0.05, 0.1) is 6.61 Å². The Morgan fingerprint density at radius 1 is 0.862 bits per heavy atom. The number of aliphatic hydroxyl groups is 4. The van der Waals surface area contributed by atoms with Gasteiger partial charge in [-0.05, 0) is 6.42 Å². The number of rotatable bonds is 19. The third-order valence-corrected chi connectivity index (χ3v) is 4.95. The molecule has 4 N–H and O–H groups in total. The number of hydrogen-bond acceptors (Lipinski definition) is 7. The van der Waals surface area contributed by atoms with Gasteiger partial charge in [-0.3, -0.25) is 9.59 Å². The highest BCUT2D eigenvalue weighted by atomic mass is 16.6. The van der Waals surface area contributed by atoms with Crippen LogP contribution in [-0.2, 0) is 14.3 Å². The van der Waals surface area contributed by atoms with Crippen LogP contribution in [0.15, 0.2) is 11.5 Å². The fourth-order valence-corrected chi connectivity index (χ4v) is 3.10. The van der Waals surface area contributed by atoms with E-state index in [1.165, 1.54) is 57.8 Å². The molecule has 170 valence electrons. The maximum absolute atomic E-state index is 11.8. The van der Waals surface area contributed by atoms with Gasteiger partial charge in [0, 0.05) is 6.42 Å². The average molecular weight is 417 g/mol. The molecule has 29 heavy (non-hydrogen) atoms. The van der Waals surface area contributed by atoms with Crippen molar-refractivity contribution in [1.29, 1.82) is 0 Å². The summed E-state index contributed by atoms with van der Waals surface area (Å²) in [6.07, 6.45) is 12.3. The minimum atomic E-state index is -1.86. The largest absolute Gasteiger partial charge is 0.506 e. The Labute approximate surface area is 174 Å². The van der Waals surface area contributed by atoms with Crippen LogP contribution in [0.3, 0.4) is 0 Å². The van der Waals surface area contributed by atoms with Crippen molar-refractivity contribution in [2.24, 2.45) is 0 Å². The van der Waals surface area contributed by atoms with Crippen molar-refractivity contribution >= 4 is 12.3 Å². The van der Waals surface area contributed by atoms with E-state index in [0.29, 0.717) is 6.42 Å². The van der Waals surface area contributed by atoms with Crippen molar-refractivity contribution in [3.8, 4) is 0 Å². The lowest BCUT2D eigenvalue weighted by Gasteiger charge is -2.20. The summed E-state index contributed by atoms with van der Waals surface area (Å²) in [5.41, 5.74) is 0. The van der Waals surface area contributed by atoms with E-state index < -0.39 is 36.3 Å². The Bertz CT molecular complexity index is 462. The molecule has 0 aromatic rings. The van der Waals surface area contributed by atoms with Gasteiger partial charge >= 0.3 is 5.97 Å². The molecule has 0 aromatic heterocycles. The van der Waals surface area contributed by atoms with Crippen molar-refractivity contribution in [3.63, 3.8) is 0 Å². The Kier molecular flexibility index (Phi) is 17.4. The summed E-state index contributed by atoms with van der Waals surface area (Å²) in [5, 5.41) is 37.5. The van der Waals surface area contributed by atoms with Gasteiger partial charge in [0.1, 0.15) is 0 Å². The van der Waals surface area contributed by atoms with E-state index >= 15 is 0 Å². The Hall–Kier alpha value is -1.60. The first kappa shape index (κ1) is 27.4. The second-order valence-corrected chi connectivity index (χ2v) is 7.54. The number of carbonyl (C=O) groups excluding carboxylic acids is 2. The minimum Gasteiger partial charge on any atom is -0.506 e. The summed E-state index contributed by atoms with van der Waals surface area (Å²) in [7, 11) is 0. The molecule has 0 heterocycles. The van der Waals surface area contributed by atoms with E-state index in [-0.39, 0.29) is 12.7 Å². The lowest BCUT2D eigenvalue weighted by Crippen LogP contribution is -2.36. The summed E-state index contributed by atoms with van der Waals surface area (Å²) >= 11 is 0. The van der Waals surface area contributed by atoms with E-state index in [0.717, 1.165) is 19.3 Å². The van der Waals surface area contributed by atoms with Gasteiger partial charge in [-0.2, -0.15) is 0 Å². The third kappa shape index (κ3) is 14.1. The summed E-state index contributed by atoms with van der Waals surface area (Å²) in [5.74, 6) is -2.71. The van der Waals surface area contributed by atoms with Gasteiger partial charge in [0.15, 0.2) is 30.0 Å². The van der Waals surface area contributed by atoms with Crippen molar-refractivity contribution in [3.05, 3.63) is 11.5 Å². The molecule has 0 saturated carbocycles. The Morgan fingerprint density at radius 2 is 1.31 bits per heavy atom. The van der Waals surface area contributed by atoms with Crippen LogP contribution in [-0.4, -0.2) is 51.5 Å². The first-order valence-corrected chi connectivity index (χ1v) is 11.0. The van der Waals surface area contributed by atoms with E-state index in [4.69, 9.17) is 9.84 Å². The first-order chi connectivity index (χ1) is 14.0. The summed E-state index contributed by atoms with van der Waals surface area (Å²) in [6, 6.07) is 0. The number of aliphatic hydroxyl groups excluding tert-OH is 4. The zero-order chi connectivity index (χ0) is 21.9. The van der Waals surface area contributed by atoms with E-state index in [2.05, 4.69) is 6.92 Å². The highest BCUT2D eigenvalue weighted by molar-refractivity contribution is 5.71. The number of ether oxygens (including phenoxy) is 1. The highest BCUT2D eigenvalue weighted by Gasteiger charge is 2.28. The maximum atomic E-state index is 11.8. The number of carbonyl (C=O) groups is 2. The zero-order valence-corrected chi connectivity index (χ0v) is 17.9. The van der Waals surface area contributed by atoms with Crippen LogP contribution in [0.25, 0.3) is 0 Å². The standard InChI is InChI=1S/C22H40O7/c1-2-3-4-5-6-7-8-9-10-11-12-13-14-15-20(26)29-19(17-24)22(28)21(27)18(25)16-23/h16,19,22,24-25,27-28H,2-15,17H2,1H3/b21-18-. The lowest BCUT2D eigenvalue weighted by atomic mass is 10.0. The topological polar surface area (TPSA) is 124 Å². The molecule has 0 aliphatic rings. The van der Waals surface area contributed by atoms with Crippen molar-refractivity contribution < 1.29 is 34.8 Å². The van der Waals surface area contributed by atoms with Crippen LogP contribution in [0.4, 0.5) is 0 Å². The third-order valence-electron chi connectivity index (χ3n) is 4.95. The van der Waals surface area contributed by atoms with Gasteiger partial charge in [0.25, 0.3) is 0 Å². The molecule has 0 fully saturated rings. The predicted molar refractivity (Wildman–Crippen MR) is 112 cm³/mol. The summed E-state index contributed by atoms with van der Waals surface area (Å²) < 4.78 is 4.92. The molecule has 0 radical (unpaired) electrons. The number of unbranched alkanes of at least 4 members (excludes halogenated alkanes) is 12. The maximum Gasteiger partial charge on any atom is 0.306 e. The van der Waals surface area contributed by atoms with Gasteiger partial charge < -0.3 is 25.2 Å². The van der Waals surface area contributed by atoms with Crippen molar-refractivity contribution in [2.45, 2.75) is 109 Å². The van der Waals surface area contributed by atoms with Crippen LogP contribution in [0.1, 0.15) is 96.8 Å². The molecular formula is C22H40O7. The summed E-state index contributed by atoms with van der Waals surface area (Å²) in [4.78, 5) is 22.2. The van der Waals surface area contributed by atoms with Crippen LogP contribution in [0, 0.1) is 0 Å². The van der Waals surface area contributed by atoms with Crippen molar-refractivity contribution in [2.75, 3.05) is 6.61 Å². The predicted octanol–water partition coefficient (Wildman–Crippen LogP) is 4.26. The molecule has 2 atom stereocenters. The molecule has 2 unspecified atom stereocenters. The smallest absolute Gasteiger partial charge is 0.306 e. The fourth-order valence-electron chi connectivity index (χ4n) is 3.10.